The van der Waals surface area contributed by atoms with Gasteiger partial charge >= 0.3 is 0 Å². The monoisotopic (exact) mass is 370 g/mol. The summed E-state index contributed by atoms with van der Waals surface area (Å²) in [5.41, 5.74) is 1.79. The van der Waals surface area contributed by atoms with Crippen LogP contribution in [0.2, 0.25) is 0 Å². The molecule has 144 valence electrons. The Balaban J connectivity index is 1.54. The lowest BCUT2D eigenvalue weighted by molar-refractivity contribution is -0.0292. The molecule has 6 heteroatoms. The van der Waals surface area contributed by atoms with Crippen LogP contribution in [0.3, 0.4) is 0 Å². The highest BCUT2D eigenvalue weighted by Crippen LogP contribution is 2.22. The maximum atomic E-state index is 12.5. The van der Waals surface area contributed by atoms with Gasteiger partial charge in [-0.3, -0.25) is 9.69 Å². The number of hydrogen-bond donors (Lipinski definition) is 1. The number of carbonyl (C=O) groups excluding carboxylic acids is 1. The van der Waals surface area contributed by atoms with Gasteiger partial charge in [-0.15, -0.1) is 0 Å². The molecule has 1 aliphatic heterocycles. The topological polar surface area (TPSA) is 60.0 Å². The average Bonchev–Trinajstić information content (AvgIpc) is 2.72. The van der Waals surface area contributed by atoms with Crippen LogP contribution in [0.5, 0.6) is 11.5 Å². The molecule has 1 amide bonds. The van der Waals surface area contributed by atoms with Gasteiger partial charge < -0.3 is 19.5 Å². The van der Waals surface area contributed by atoms with Crippen molar-refractivity contribution in [1.29, 1.82) is 0 Å². The first-order valence-electron chi connectivity index (χ1n) is 9.07. The lowest BCUT2D eigenvalue weighted by atomic mass is 10.1. The molecule has 1 saturated heterocycles. The minimum atomic E-state index is -0.170. The van der Waals surface area contributed by atoms with Crippen LogP contribution >= 0.6 is 0 Å². The van der Waals surface area contributed by atoms with E-state index in [0.29, 0.717) is 30.2 Å². The second-order valence-corrected chi connectivity index (χ2v) is 6.52. The lowest BCUT2D eigenvalue weighted by Crippen LogP contribution is -2.47. The summed E-state index contributed by atoms with van der Waals surface area (Å²) in [6.07, 6.45) is -0.0288. The largest absolute Gasteiger partial charge is 0.497 e. The number of nitrogens with one attached hydrogen (secondary N) is 1. The molecule has 2 aromatic rings. The van der Waals surface area contributed by atoms with Crippen LogP contribution in [-0.4, -0.2) is 57.4 Å². The Labute approximate surface area is 160 Å². The number of morpholine rings is 1. The van der Waals surface area contributed by atoms with Crippen LogP contribution in [0.4, 0.5) is 0 Å². The van der Waals surface area contributed by atoms with Crippen molar-refractivity contribution in [2.75, 3.05) is 40.5 Å². The summed E-state index contributed by atoms with van der Waals surface area (Å²) in [5, 5.41) is 2.95. The normalized spacial score (nSPS) is 17.3. The third kappa shape index (κ3) is 5.45. The number of nitrogens with zero attached hydrogens (tertiary/aromatic N) is 1. The molecule has 0 radical (unpaired) electrons. The molecular weight excluding hydrogens is 344 g/mol. The van der Waals surface area contributed by atoms with Crippen LogP contribution in [-0.2, 0) is 11.3 Å². The minimum Gasteiger partial charge on any atom is -0.497 e. The molecule has 1 atom stereocenters. The fourth-order valence-electron chi connectivity index (χ4n) is 3.14. The van der Waals surface area contributed by atoms with E-state index in [-0.39, 0.29) is 12.0 Å². The smallest absolute Gasteiger partial charge is 0.251 e. The van der Waals surface area contributed by atoms with Gasteiger partial charge in [0.2, 0.25) is 0 Å². The molecule has 0 unspecified atom stereocenters. The number of hydrogen-bond acceptors (Lipinski definition) is 5. The molecule has 0 saturated carbocycles. The molecule has 1 N–H and O–H groups in total. The van der Waals surface area contributed by atoms with E-state index in [9.17, 15) is 4.79 Å². The van der Waals surface area contributed by atoms with Gasteiger partial charge in [0, 0.05) is 37.8 Å². The van der Waals surface area contributed by atoms with Gasteiger partial charge in [0.1, 0.15) is 11.5 Å². The maximum Gasteiger partial charge on any atom is 0.251 e. The first-order chi connectivity index (χ1) is 13.2. The maximum absolute atomic E-state index is 12.5. The first-order valence-corrected chi connectivity index (χ1v) is 9.07. The van der Waals surface area contributed by atoms with E-state index >= 15 is 0 Å². The molecule has 1 fully saturated rings. The van der Waals surface area contributed by atoms with Gasteiger partial charge in [-0.05, 0) is 17.7 Å². The van der Waals surface area contributed by atoms with E-state index in [1.54, 1.807) is 32.4 Å². The molecule has 0 aliphatic carbocycles. The van der Waals surface area contributed by atoms with Gasteiger partial charge in [0.15, 0.2) is 0 Å². The molecular formula is C21H26N2O4. The number of ether oxygens (including phenoxy) is 3. The Morgan fingerprint density at radius 3 is 2.52 bits per heavy atom. The quantitative estimate of drug-likeness (QED) is 0.811. The number of rotatable bonds is 7. The predicted octanol–water partition coefficient (Wildman–Crippen LogP) is 2.33. The van der Waals surface area contributed by atoms with Crippen molar-refractivity contribution in [3.63, 3.8) is 0 Å². The first kappa shape index (κ1) is 19.2. The third-order valence-corrected chi connectivity index (χ3v) is 4.58. The highest BCUT2D eigenvalue weighted by Gasteiger charge is 2.21. The van der Waals surface area contributed by atoms with E-state index in [2.05, 4.69) is 34.5 Å². The van der Waals surface area contributed by atoms with E-state index in [1.807, 2.05) is 6.07 Å². The molecule has 0 bridgehead atoms. The lowest BCUT2D eigenvalue weighted by Gasteiger charge is -2.33. The average molecular weight is 370 g/mol. The van der Waals surface area contributed by atoms with Gasteiger partial charge in [0.05, 0.1) is 26.9 Å². The number of benzene rings is 2. The zero-order chi connectivity index (χ0) is 19.1. The Hall–Kier alpha value is -2.57. The fraction of sp³-hybridized carbons (Fsp3) is 0.381. The summed E-state index contributed by atoms with van der Waals surface area (Å²) in [7, 11) is 3.13. The summed E-state index contributed by atoms with van der Waals surface area (Å²) < 4.78 is 16.3. The molecule has 1 heterocycles. The van der Waals surface area contributed by atoms with Gasteiger partial charge in [-0.25, -0.2) is 0 Å². The SMILES string of the molecule is COc1cc(OC)cc(C(=O)NC[C@H]2CN(Cc3ccccc3)CCO2)c1. The second kappa shape index (κ2) is 9.39. The second-order valence-electron chi connectivity index (χ2n) is 6.52. The number of amides is 1. The molecule has 6 nitrogen and oxygen atoms in total. The van der Waals surface area contributed by atoms with Gasteiger partial charge in [-0.1, -0.05) is 30.3 Å². The molecule has 2 aromatic carbocycles. The highest BCUT2D eigenvalue weighted by atomic mass is 16.5. The van der Waals surface area contributed by atoms with Crippen molar-refractivity contribution in [1.82, 2.24) is 10.2 Å². The van der Waals surface area contributed by atoms with E-state index in [4.69, 9.17) is 14.2 Å². The molecule has 27 heavy (non-hydrogen) atoms. The van der Waals surface area contributed by atoms with Crippen molar-refractivity contribution in [2.45, 2.75) is 12.6 Å². The van der Waals surface area contributed by atoms with Crippen molar-refractivity contribution in [2.24, 2.45) is 0 Å². The van der Waals surface area contributed by atoms with Crippen molar-refractivity contribution in [3.05, 3.63) is 59.7 Å². The van der Waals surface area contributed by atoms with Crippen LogP contribution in [0.15, 0.2) is 48.5 Å². The van der Waals surface area contributed by atoms with Crippen LogP contribution in [0.1, 0.15) is 15.9 Å². The molecule has 1 aliphatic rings. The molecule has 3 rings (SSSR count). The zero-order valence-electron chi connectivity index (χ0n) is 15.8. The van der Waals surface area contributed by atoms with Crippen molar-refractivity contribution in [3.8, 4) is 11.5 Å². The van der Waals surface area contributed by atoms with E-state index < -0.39 is 0 Å². The summed E-state index contributed by atoms with van der Waals surface area (Å²) >= 11 is 0. The van der Waals surface area contributed by atoms with Crippen molar-refractivity contribution < 1.29 is 19.0 Å². The summed E-state index contributed by atoms with van der Waals surface area (Å²) in [6.45, 7) is 3.70. The summed E-state index contributed by atoms with van der Waals surface area (Å²) in [4.78, 5) is 14.9. The number of carbonyl (C=O) groups is 1. The van der Waals surface area contributed by atoms with Crippen molar-refractivity contribution >= 4 is 5.91 Å². The van der Waals surface area contributed by atoms with Gasteiger partial charge in [-0.2, -0.15) is 0 Å². The van der Waals surface area contributed by atoms with Crippen LogP contribution in [0.25, 0.3) is 0 Å². The Kier molecular flexibility index (Phi) is 6.68. The summed E-state index contributed by atoms with van der Waals surface area (Å²) in [5.74, 6) is 1.00. The van der Waals surface area contributed by atoms with E-state index in [0.717, 1.165) is 19.6 Å². The fourth-order valence-corrected chi connectivity index (χ4v) is 3.14. The Morgan fingerprint density at radius 2 is 1.85 bits per heavy atom. The zero-order valence-corrected chi connectivity index (χ0v) is 15.8. The third-order valence-electron chi connectivity index (χ3n) is 4.58. The van der Waals surface area contributed by atoms with E-state index in [1.165, 1.54) is 5.56 Å². The predicted molar refractivity (Wildman–Crippen MR) is 103 cm³/mol. The standard InChI is InChI=1S/C21H26N2O4/c1-25-18-10-17(11-19(12-18)26-2)21(24)22-13-20-15-23(8-9-27-20)14-16-6-4-3-5-7-16/h3-7,10-12,20H,8-9,13-15H2,1-2H3,(H,22,24)/t20-/m0/s1. The van der Waals surface area contributed by atoms with Crippen LogP contribution < -0.4 is 14.8 Å². The minimum absolute atomic E-state index is 0.0288. The van der Waals surface area contributed by atoms with Crippen LogP contribution in [0, 0.1) is 0 Å². The van der Waals surface area contributed by atoms with Gasteiger partial charge in [0.25, 0.3) is 5.91 Å². The highest BCUT2D eigenvalue weighted by molar-refractivity contribution is 5.95. The Bertz CT molecular complexity index is 729. The molecule has 0 spiro atoms. The summed E-state index contributed by atoms with van der Waals surface area (Å²) in [6, 6.07) is 15.5. The molecule has 0 aromatic heterocycles. The number of methoxy groups -OCH3 is 2. The Morgan fingerprint density at radius 1 is 1.15 bits per heavy atom.